The van der Waals surface area contributed by atoms with E-state index in [1.54, 1.807) is 0 Å². The summed E-state index contributed by atoms with van der Waals surface area (Å²) in [6, 6.07) is 11.4. The third-order valence-electron chi connectivity index (χ3n) is 3.23. The van der Waals surface area contributed by atoms with Gasteiger partial charge in [-0.1, -0.05) is 25.1 Å². The lowest BCUT2D eigenvalue weighted by molar-refractivity contribution is 0.218. The summed E-state index contributed by atoms with van der Waals surface area (Å²) in [5.41, 5.74) is 3.52. The molecule has 0 aliphatic carbocycles. The molecule has 0 amide bonds. The first-order chi connectivity index (χ1) is 9.61. The Balaban J connectivity index is 2.18. The van der Waals surface area contributed by atoms with E-state index in [0.717, 1.165) is 34.7 Å². The second kappa shape index (κ2) is 6.53. The summed E-state index contributed by atoms with van der Waals surface area (Å²) in [6.07, 6.45) is 0.335. The molecule has 20 heavy (non-hydrogen) atoms. The number of hydrogen-bond acceptors (Lipinski definition) is 3. The van der Waals surface area contributed by atoms with Crippen molar-refractivity contribution >= 4 is 0 Å². The minimum absolute atomic E-state index is 0.650. The van der Waals surface area contributed by atoms with E-state index >= 15 is 0 Å². The molecule has 2 rings (SSSR count). The first kappa shape index (κ1) is 14.5. The molecule has 0 saturated carbocycles. The summed E-state index contributed by atoms with van der Waals surface area (Å²) < 4.78 is 5.54. The summed E-state index contributed by atoms with van der Waals surface area (Å²) >= 11 is 0. The van der Waals surface area contributed by atoms with Crippen molar-refractivity contribution in [3.05, 3.63) is 58.9 Å². The topological polar surface area (TPSA) is 42.4 Å². The van der Waals surface area contributed by atoms with Crippen LogP contribution in [0.4, 0.5) is 0 Å². The Morgan fingerprint density at radius 3 is 2.40 bits per heavy atom. The third-order valence-corrected chi connectivity index (χ3v) is 3.23. The third kappa shape index (κ3) is 3.36. The molecule has 0 fully saturated rings. The molecule has 0 aliphatic heterocycles. The molecule has 0 saturated heterocycles. The predicted octanol–water partition coefficient (Wildman–Crippen LogP) is 3.57. The van der Waals surface area contributed by atoms with Crippen molar-refractivity contribution in [3.63, 3.8) is 0 Å². The Morgan fingerprint density at radius 2 is 1.80 bits per heavy atom. The molecule has 106 valence electrons. The van der Waals surface area contributed by atoms with Gasteiger partial charge in [-0.3, -0.25) is 4.98 Å². The van der Waals surface area contributed by atoms with Crippen LogP contribution in [0.25, 0.3) is 0 Å². The Morgan fingerprint density at radius 1 is 1.10 bits per heavy atom. The molecule has 1 aromatic heterocycles. The van der Waals surface area contributed by atoms with Gasteiger partial charge in [-0.15, -0.1) is 0 Å². The highest BCUT2D eigenvalue weighted by Gasteiger charge is 2.13. The summed E-state index contributed by atoms with van der Waals surface area (Å²) in [4.78, 5) is 4.39. The van der Waals surface area contributed by atoms with E-state index in [0.29, 0.717) is 6.61 Å². The molecule has 3 heteroatoms. The highest BCUT2D eigenvalue weighted by molar-refractivity contribution is 5.35. The maximum Gasteiger partial charge on any atom is 0.119 e. The lowest BCUT2D eigenvalue weighted by Crippen LogP contribution is -2.04. The molecular formula is C17H21NO2. The lowest BCUT2D eigenvalue weighted by Gasteiger charge is -2.14. The van der Waals surface area contributed by atoms with Crippen LogP contribution in [0.15, 0.2) is 36.4 Å². The van der Waals surface area contributed by atoms with Crippen molar-refractivity contribution < 1.29 is 9.84 Å². The Hall–Kier alpha value is -1.87. The van der Waals surface area contributed by atoms with E-state index in [4.69, 9.17) is 4.74 Å². The van der Waals surface area contributed by atoms with Crippen LogP contribution in [0, 0.1) is 13.8 Å². The van der Waals surface area contributed by atoms with Gasteiger partial charge < -0.3 is 9.84 Å². The number of rotatable bonds is 5. The van der Waals surface area contributed by atoms with Crippen LogP contribution in [-0.2, 0) is 0 Å². The van der Waals surface area contributed by atoms with Crippen LogP contribution in [0.2, 0.25) is 0 Å². The van der Waals surface area contributed by atoms with Gasteiger partial charge in [0.1, 0.15) is 11.9 Å². The molecule has 1 heterocycles. The standard InChI is InChI=1S/C17H21NO2/c1-4-11-20-15-8-6-14(7-9-15)17(19)16-10-5-12(2)18-13(16)3/h5-10,17,19H,4,11H2,1-3H3. The average molecular weight is 271 g/mol. The van der Waals surface area contributed by atoms with Crippen LogP contribution < -0.4 is 4.74 Å². The van der Waals surface area contributed by atoms with Crippen molar-refractivity contribution in [2.45, 2.75) is 33.3 Å². The SMILES string of the molecule is CCCOc1ccc(C(O)c2ccc(C)nc2C)cc1. The normalized spacial score (nSPS) is 12.2. The summed E-state index contributed by atoms with van der Waals surface area (Å²) in [6.45, 7) is 6.65. The number of ether oxygens (including phenoxy) is 1. The number of nitrogens with zero attached hydrogens (tertiary/aromatic N) is 1. The van der Waals surface area contributed by atoms with Gasteiger partial charge in [0.2, 0.25) is 0 Å². The Kier molecular flexibility index (Phi) is 4.74. The molecular weight excluding hydrogens is 250 g/mol. The fourth-order valence-corrected chi connectivity index (χ4v) is 2.13. The number of pyridine rings is 1. The average Bonchev–Trinajstić information content (AvgIpc) is 2.45. The molecule has 0 spiro atoms. The van der Waals surface area contributed by atoms with Crippen LogP contribution in [0.3, 0.4) is 0 Å². The van der Waals surface area contributed by atoms with Crippen molar-refractivity contribution in [2.75, 3.05) is 6.61 Å². The van der Waals surface area contributed by atoms with E-state index in [1.165, 1.54) is 0 Å². The number of hydrogen-bond donors (Lipinski definition) is 1. The zero-order chi connectivity index (χ0) is 14.5. The number of aliphatic hydroxyl groups excluding tert-OH is 1. The van der Waals surface area contributed by atoms with Crippen LogP contribution in [0.1, 0.15) is 42.0 Å². The smallest absolute Gasteiger partial charge is 0.119 e. The van der Waals surface area contributed by atoms with Gasteiger partial charge in [0.15, 0.2) is 0 Å². The van der Waals surface area contributed by atoms with E-state index in [-0.39, 0.29) is 0 Å². The zero-order valence-electron chi connectivity index (χ0n) is 12.3. The van der Waals surface area contributed by atoms with Gasteiger partial charge in [0.25, 0.3) is 0 Å². The first-order valence-electron chi connectivity index (χ1n) is 6.96. The predicted molar refractivity (Wildman–Crippen MR) is 80.0 cm³/mol. The minimum atomic E-state index is -0.650. The van der Waals surface area contributed by atoms with Crippen LogP contribution >= 0.6 is 0 Å². The second-order valence-electron chi connectivity index (χ2n) is 4.95. The maximum absolute atomic E-state index is 10.4. The van der Waals surface area contributed by atoms with Crippen molar-refractivity contribution in [2.24, 2.45) is 0 Å². The number of aromatic nitrogens is 1. The van der Waals surface area contributed by atoms with Crippen molar-refractivity contribution in [1.82, 2.24) is 4.98 Å². The van der Waals surface area contributed by atoms with Gasteiger partial charge >= 0.3 is 0 Å². The van der Waals surface area contributed by atoms with E-state index in [2.05, 4.69) is 11.9 Å². The van der Waals surface area contributed by atoms with Gasteiger partial charge in [0, 0.05) is 17.0 Å². The molecule has 0 radical (unpaired) electrons. The number of aliphatic hydroxyl groups is 1. The first-order valence-corrected chi connectivity index (χ1v) is 6.96. The van der Waals surface area contributed by atoms with E-state index in [9.17, 15) is 5.11 Å². The van der Waals surface area contributed by atoms with Crippen molar-refractivity contribution in [1.29, 1.82) is 0 Å². The molecule has 0 bridgehead atoms. The summed E-state index contributed by atoms with van der Waals surface area (Å²) in [5.74, 6) is 0.835. The lowest BCUT2D eigenvalue weighted by atomic mass is 10.00. The molecule has 3 nitrogen and oxygen atoms in total. The van der Waals surface area contributed by atoms with Gasteiger partial charge in [-0.25, -0.2) is 0 Å². The van der Waals surface area contributed by atoms with Gasteiger partial charge in [0.05, 0.1) is 6.61 Å². The van der Waals surface area contributed by atoms with Crippen LogP contribution in [0.5, 0.6) is 5.75 Å². The van der Waals surface area contributed by atoms with Crippen molar-refractivity contribution in [3.8, 4) is 5.75 Å². The molecule has 2 aromatic rings. The Labute approximate surface area is 120 Å². The monoisotopic (exact) mass is 271 g/mol. The minimum Gasteiger partial charge on any atom is -0.494 e. The summed E-state index contributed by atoms with van der Waals surface area (Å²) in [5, 5.41) is 10.4. The number of aryl methyl sites for hydroxylation is 2. The number of benzene rings is 1. The fraction of sp³-hybridized carbons (Fsp3) is 0.353. The van der Waals surface area contributed by atoms with Gasteiger partial charge in [-0.2, -0.15) is 0 Å². The van der Waals surface area contributed by atoms with E-state index < -0.39 is 6.10 Å². The largest absolute Gasteiger partial charge is 0.494 e. The summed E-state index contributed by atoms with van der Waals surface area (Å²) in [7, 11) is 0. The Bertz CT molecular complexity index is 564. The maximum atomic E-state index is 10.4. The molecule has 1 N–H and O–H groups in total. The van der Waals surface area contributed by atoms with Gasteiger partial charge in [-0.05, 0) is 44.0 Å². The second-order valence-corrected chi connectivity index (χ2v) is 4.95. The molecule has 1 unspecified atom stereocenters. The molecule has 1 aromatic carbocycles. The highest BCUT2D eigenvalue weighted by atomic mass is 16.5. The highest BCUT2D eigenvalue weighted by Crippen LogP contribution is 2.25. The van der Waals surface area contributed by atoms with E-state index in [1.807, 2.05) is 50.2 Å². The quantitative estimate of drug-likeness (QED) is 0.904. The molecule has 0 aliphatic rings. The zero-order valence-corrected chi connectivity index (χ0v) is 12.3. The van der Waals surface area contributed by atoms with Crippen LogP contribution in [-0.4, -0.2) is 16.7 Å². The fourth-order valence-electron chi connectivity index (χ4n) is 2.13. The molecule has 1 atom stereocenters.